The van der Waals surface area contributed by atoms with Crippen molar-refractivity contribution in [2.24, 2.45) is 5.92 Å². The van der Waals surface area contributed by atoms with Crippen LogP contribution in [0.5, 0.6) is 0 Å². The van der Waals surface area contributed by atoms with Crippen LogP contribution in [0.25, 0.3) is 0 Å². The van der Waals surface area contributed by atoms with Crippen molar-refractivity contribution in [3.63, 3.8) is 0 Å². The predicted molar refractivity (Wildman–Crippen MR) is 62.2 cm³/mol. The minimum atomic E-state index is 0.419. The second kappa shape index (κ2) is 5.26. The molecule has 1 N–H and O–H groups in total. The number of thioether (sulfide) groups is 1. The van der Waals surface area contributed by atoms with Crippen molar-refractivity contribution in [3.8, 4) is 0 Å². The summed E-state index contributed by atoms with van der Waals surface area (Å²) in [5, 5.41) is 3.73. The van der Waals surface area contributed by atoms with E-state index in [1.165, 1.54) is 38.0 Å². The van der Waals surface area contributed by atoms with E-state index in [1.54, 1.807) is 0 Å². The molecule has 1 nitrogen and oxygen atoms in total. The number of rotatable bonds is 4. The van der Waals surface area contributed by atoms with E-state index in [1.807, 2.05) is 0 Å². The van der Waals surface area contributed by atoms with Crippen LogP contribution in [0.2, 0.25) is 0 Å². The van der Waals surface area contributed by atoms with Gasteiger partial charge in [0.05, 0.1) is 4.87 Å². The molecule has 1 heterocycles. The minimum Gasteiger partial charge on any atom is -0.303 e. The van der Waals surface area contributed by atoms with E-state index >= 15 is 0 Å². The molecule has 1 aliphatic rings. The van der Waals surface area contributed by atoms with E-state index in [-0.39, 0.29) is 0 Å². The third kappa shape index (κ3) is 3.17. The normalized spacial score (nSPS) is 34.8. The Labute approximate surface area is 87.1 Å². The van der Waals surface area contributed by atoms with E-state index in [9.17, 15) is 0 Å². The fourth-order valence-corrected chi connectivity index (χ4v) is 3.20. The smallest absolute Gasteiger partial charge is 0.0642 e. The number of hydrogen-bond acceptors (Lipinski definition) is 2. The summed E-state index contributed by atoms with van der Waals surface area (Å²) in [5.41, 5.74) is 0. The van der Waals surface area contributed by atoms with Crippen LogP contribution in [-0.4, -0.2) is 17.2 Å². The van der Waals surface area contributed by atoms with Crippen molar-refractivity contribution in [3.05, 3.63) is 0 Å². The molecule has 0 aliphatic carbocycles. The molecule has 0 bridgehead atoms. The molecule has 0 spiro atoms. The van der Waals surface area contributed by atoms with Gasteiger partial charge < -0.3 is 5.32 Å². The van der Waals surface area contributed by atoms with Crippen LogP contribution in [0.3, 0.4) is 0 Å². The van der Waals surface area contributed by atoms with E-state index in [0.29, 0.717) is 4.87 Å². The summed E-state index contributed by atoms with van der Waals surface area (Å²) in [6.45, 7) is 8.13. The summed E-state index contributed by atoms with van der Waals surface area (Å²) in [5.74, 6) is 2.19. The van der Waals surface area contributed by atoms with Crippen molar-refractivity contribution < 1.29 is 0 Å². The summed E-state index contributed by atoms with van der Waals surface area (Å²) in [6, 6.07) is 0. The molecule has 0 amide bonds. The first-order chi connectivity index (χ1) is 6.22. The van der Waals surface area contributed by atoms with E-state index in [4.69, 9.17) is 0 Å². The third-order valence-electron chi connectivity index (χ3n) is 2.92. The van der Waals surface area contributed by atoms with E-state index < -0.39 is 0 Å². The molecule has 13 heavy (non-hydrogen) atoms. The van der Waals surface area contributed by atoms with Crippen LogP contribution < -0.4 is 5.32 Å². The molecule has 0 radical (unpaired) electrons. The Bertz CT molecular complexity index is 134. The number of hydrogen-bond donors (Lipinski definition) is 1. The molecule has 2 atom stereocenters. The van der Waals surface area contributed by atoms with Crippen LogP contribution in [0.1, 0.15) is 46.5 Å². The van der Waals surface area contributed by atoms with E-state index in [0.717, 1.165) is 5.92 Å². The molecule has 2 unspecified atom stereocenters. The van der Waals surface area contributed by atoms with Gasteiger partial charge in [-0.25, -0.2) is 0 Å². The molecular formula is C11H23NS. The van der Waals surface area contributed by atoms with Crippen molar-refractivity contribution in [2.75, 3.05) is 12.3 Å². The van der Waals surface area contributed by atoms with Gasteiger partial charge in [0.25, 0.3) is 0 Å². The van der Waals surface area contributed by atoms with Gasteiger partial charge >= 0.3 is 0 Å². The summed E-state index contributed by atoms with van der Waals surface area (Å²) < 4.78 is 0. The Morgan fingerprint density at radius 3 is 2.69 bits per heavy atom. The second-order valence-corrected chi connectivity index (χ2v) is 5.65. The molecule has 78 valence electrons. The van der Waals surface area contributed by atoms with Crippen LogP contribution in [0.4, 0.5) is 0 Å². The average molecular weight is 201 g/mol. The Morgan fingerprint density at radius 2 is 2.23 bits per heavy atom. The average Bonchev–Trinajstić information content (AvgIpc) is 2.18. The molecule has 1 fully saturated rings. The minimum absolute atomic E-state index is 0.419. The van der Waals surface area contributed by atoms with Gasteiger partial charge in [0.1, 0.15) is 0 Å². The van der Waals surface area contributed by atoms with Crippen molar-refractivity contribution in [1.29, 1.82) is 0 Å². The van der Waals surface area contributed by atoms with Crippen LogP contribution >= 0.6 is 11.8 Å². The molecule has 2 heteroatoms. The maximum atomic E-state index is 3.73. The maximum Gasteiger partial charge on any atom is 0.0642 e. The summed E-state index contributed by atoms with van der Waals surface area (Å²) in [6.07, 6.45) is 5.30. The van der Waals surface area contributed by atoms with Gasteiger partial charge in [-0.15, -0.1) is 11.8 Å². The first kappa shape index (κ1) is 11.4. The Kier molecular flexibility index (Phi) is 4.60. The quantitative estimate of drug-likeness (QED) is 0.749. The van der Waals surface area contributed by atoms with Gasteiger partial charge in [-0.2, -0.15) is 0 Å². The van der Waals surface area contributed by atoms with Gasteiger partial charge in [-0.1, -0.05) is 33.6 Å². The fourth-order valence-electron chi connectivity index (χ4n) is 1.80. The zero-order valence-corrected chi connectivity index (χ0v) is 10.0. The van der Waals surface area contributed by atoms with Gasteiger partial charge in [-0.3, -0.25) is 0 Å². The number of unbranched alkanes of at least 4 members (excludes halogenated alkanes) is 1. The van der Waals surface area contributed by atoms with E-state index in [2.05, 4.69) is 37.8 Å². The summed E-state index contributed by atoms with van der Waals surface area (Å²) in [7, 11) is 0. The lowest BCUT2D eigenvalue weighted by atomic mass is 10.1. The summed E-state index contributed by atoms with van der Waals surface area (Å²) in [4.78, 5) is 0.419. The van der Waals surface area contributed by atoms with Gasteiger partial charge in [-0.05, 0) is 31.1 Å². The van der Waals surface area contributed by atoms with Crippen LogP contribution in [-0.2, 0) is 0 Å². The topological polar surface area (TPSA) is 12.0 Å². The highest BCUT2D eigenvalue weighted by molar-refractivity contribution is 8.00. The first-order valence-corrected chi connectivity index (χ1v) is 6.60. The predicted octanol–water partition coefficient (Wildman–Crippen LogP) is 3.26. The molecule has 0 aromatic carbocycles. The fraction of sp³-hybridized carbons (Fsp3) is 1.00. The third-order valence-corrected chi connectivity index (χ3v) is 4.85. The van der Waals surface area contributed by atoms with Gasteiger partial charge in [0, 0.05) is 0 Å². The molecular weight excluding hydrogens is 178 g/mol. The zero-order chi connectivity index (χ0) is 9.73. The largest absolute Gasteiger partial charge is 0.303 e. The van der Waals surface area contributed by atoms with Crippen molar-refractivity contribution in [1.82, 2.24) is 5.32 Å². The van der Waals surface area contributed by atoms with Crippen molar-refractivity contribution in [2.45, 2.75) is 51.3 Å². The Balaban J connectivity index is 2.40. The monoisotopic (exact) mass is 201 g/mol. The molecule has 0 aromatic rings. The van der Waals surface area contributed by atoms with Crippen molar-refractivity contribution >= 4 is 11.8 Å². The lowest BCUT2D eigenvalue weighted by Gasteiger charge is -2.39. The lowest BCUT2D eigenvalue weighted by Crippen LogP contribution is -2.48. The Hall–Kier alpha value is 0.310. The molecule has 1 rings (SSSR count). The lowest BCUT2D eigenvalue weighted by molar-refractivity contribution is 0.369. The first-order valence-electron chi connectivity index (χ1n) is 5.61. The highest BCUT2D eigenvalue weighted by atomic mass is 32.2. The Morgan fingerprint density at radius 1 is 1.46 bits per heavy atom. The molecule has 0 aromatic heterocycles. The molecule has 1 saturated heterocycles. The molecule has 0 saturated carbocycles. The molecule has 1 aliphatic heterocycles. The van der Waals surface area contributed by atoms with Gasteiger partial charge in [0.2, 0.25) is 0 Å². The zero-order valence-electron chi connectivity index (χ0n) is 9.23. The second-order valence-electron chi connectivity index (χ2n) is 4.25. The standard InChI is InChI=1S/C11H23NS/c1-4-6-7-11(5-2)12-8-10(3)9-13-11/h10,12H,4-9H2,1-3H3. The maximum absolute atomic E-state index is 3.73. The van der Waals surface area contributed by atoms with Gasteiger partial charge in [0.15, 0.2) is 0 Å². The SMILES string of the molecule is CCCCC1(CC)NCC(C)CS1. The summed E-state index contributed by atoms with van der Waals surface area (Å²) >= 11 is 2.15. The van der Waals surface area contributed by atoms with Crippen LogP contribution in [0, 0.1) is 5.92 Å². The number of nitrogens with one attached hydrogen (secondary N) is 1. The van der Waals surface area contributed by atoms with Crippen LogP contribution in [0.15, 0.2) is 0 Å². The highest BCUT2D eigenvalue weighted by Crippen LogP contribution is 2.35. The highest BCUT2D eigenvalue weighted by Gasteiger charge is 2.31.